The Morgan fingerprint density at radius 2 is 2.29 bits per heavy atom. The van der Waals surface area contributed by atoms with Gasteiger partial charge in [0.15, 0.2) is 5.13 Å². The van der Waals surface area contributed by atoms with Crippen LogP contribution < -0.4 is 5.32 Å². The zero-order valence-corrected chi connectivity index (χ0v) is 14.6. The van der Waals surface area contributed by atoms with E-state index in [1.165, 1.54) is 16.2 Å². The van der Waals surface area contributed by atoms with Crippen molar-refractivity contribution in [2.45, 2.75) is 38.9 Å². The highest BCUT2D eigenvalue weighted by molar-refractivity contribution is 7.86. The van der Waals surface area contributed by atoms with Crippen LogP contribution in [-0.4, -0.2) is 43.7 Å². The van der Waals surface area contributed by atoms with E-state index in [9.17, 15) is 9.00 Å². The van der Waals surface area contributed by atoms with Crippen LogP contribution in [0, 0.1) is 5.92 Å². The van der Waals surface area contributed by atoms with Crippen LogP contribution in [0.3, 0.4) is 0 Å². The molecule has 1 fully saturated rings. The normalized spacial score (nSPS) is 21.6. The number of amides is 2. The zero-order chi connectivity index (χ0) is 15.6. The van der Waals surface area contributed by atoms with E-state index in [0.29, 0.717) is 29.9 Å². The predicted octanol–water partition coefficient (Wildman–Crippen LogP) is 2.72. The van der Waals surface area contributed by atoms with E-state index in [0.717, 1.165) is 6.42 Å². The quantitative estimate of drug-likeness (QED) is 0.927. The van der Waals surface area contributed by atoms with E-state index in [-0.39, 0.29) is 10.8 Å². The highest BCUT2D eigenvalue weighted by Gasteiger charge is 2.35. The van der Waals surface area contributed by atoms with Gasteiger partial charge in [-0.15, -0.1) is 11.3 Å². The van der Waals surface area contributed by atoms with Crippen molar-refractivity contribution in [3.63, 3.8) is 0 Å². The molecule has 1 saturated heterocycles. The van der Waals surface area contributed by atoms with Gasteiger partial charge in [0.25, 0.3) is 0 Å². The summed E-state index contributed by atoms with van der Waals surface area (Å²) in [6.07, 6.45) is 2.80. The van der Waals surface area contributed by atoms with Gasteiger partial charge in [0.05, 0.1) is 4.75 Å². The van der Waals surface area contributed by atoms with Gasteiger partial charge in [-0.1, -0.05) is 13.8 Å². The molecule has 5 nitrogen and oxygen atoms in total. The summed E-state index contributed by atoms with van der Waals surface area (Å²) in [5, 5.41) is 3.49. The number of thiazole rings is 1. The Morgan fingerprint density at radius 1 is 1.57 bits per heavy atom. The molecule has 0 radical (unpaired) electrons. The first-order chi connectivity index (χ1) is 9.78. The van der Waals surface area contributed by atoms with Gasteiger partial charge >= 0.3 is 6.03 Å². The second-order valence-electron chi connectivity index (χ2n) is 6.39. The maximum absolute atomic E-state index is 12.3. The first-order valence-electron chi connectivity index (χ1n) is 7.17. The number of aromatic nitrogens is 1. The largest absolute Gasteiger partial charge is 0.323 e. The van der Waals surface area contributed by atoms with E-state index in [1.54, 1.807) is 4.90 Å². The molecule has 1 aromatic heterocycles. The Kier molecular flexibility index (Phi) is 5.03. The second kappa shape index (κ2) is 6.44. The van der Waals surface area contributed by atoms with Crippen molar-refractivity contribution in [1.82, 2.24) is 9.88 Å². The summed E-state index contributed by atoms with van der Waals surface area (Å²) in [6.45, 7) is 9.24. The number of rotatable bonds is 3. The molecular formula is C14H23N3O2S2. The van der Waals surface area contributed by atoms with Crippen LogP contribution in [0.1, 0.15) is 32.6 Å². The van der Waals surface area contributed by atoms with E-state index in [1.807, 2.05) is 20.0 Å². The lowest BCUT2D eigenvalue weighted by Gasteiger charge is -2.36. The fraction of sp³-hybridized carbons (Fsp3) is 0.714. The molecule has 1 aromatic rings. The van der Waals surface area contributed by atoms with Gasteiger partial charge in [-0.2, -0.15) is 0 Å². The van der Waals surface area contributed by atoms with E-state index in [2.05, 4.69) is 24.1 Å². The van der Waals surface area contributed by atoms with Gasteiger partial charge in [-0.25, -0.2) is 9.78 Å². The number of urea groups is 1. The number of anilines is 1. The number of hydrogen-bond donors (Lipinski definition) is 1. The van der Waals surface area contributed by atoms with Crippen molar-refractivity contribution >= 4 is 33.3 Å². The molecule has 1 unspecified atom stereocenters. The minimum atomic E-state index is -0.872. The molecule has 2 amide bonds. The van der Waals surface area contributed by atoms with E-state index < -0.39 is 10.8 Å². The minimum absolute atomic E-state index is 0.148. The number of nitrogens with one attached hydrogen (secondary N) is 1. The van der Waals surface area contributed by atoms with Crippen LogP contribution in [0.15, 0.2) is 6.20 Å². The lowest BCUT2D eigenvalue weighted by Crippen LogP contribution is -2.53. The molecule has 0 spiro atoms. The maximum Gasteiger partial charge on any atom is 0.323 e. The van der Waals surface area contributed by atoms with Crippen molar-refractivity contribution in [3.8, 4) is 0 Å². The smallest absolute Gasteiger partial charge is 0.322 e. The highest BCUT2D eigenvalue weighted by Crippen LogP contribution is 2.23. The molecule has 1 aliphatic heterocycles. The first kappa shape index (κ1) is 16.4. The van der Waals surface area contributed by atoms with Gasteiger partial charge in [-0.05, 0) is 26.2 Å². The summed E-state index contributed by atoms with van der Waals surface area (Å²) in [6, 6.07) is -0.148. The van der Waals surface area contributed by atoms with E-state index in [4.69, 9.17) is 0 Å². The first-order valence-corrected chi connectivity index (χ1v) is 9.30. The number of carbonyl (C=O) groups is 1. The fourth-order valence-electron chi connectivity index (χ4n) is 2.29. The van der Waals surface area contributed by atoms with E-state index >= 15 is 0 Å². The van der Waals surface area contributed by atoms with Crippen molar-refractivity contribution in [3.05, 3.63) is 11.1 Å². The lowest BCUT2D eigenvalue weighted by atomic mass is 10.1. The molecule has 118 valence electrons. The number of carbonyl (C=O) groups excluding carboxylic acids is 1. The van der Waals surface area contributed by atoms with Gasteiger partial charge in [-0.3, -0.25) is 9.53 Å². The maximum atomic E-state index is 12.3. The summed E-state index contributed by atoms with van der Waals surface area (Å²) in [4.78, 5) is 19.4. The van der Waals surface area contributed by atoms with Gasteiger partial charge in [0.2, 0.25) is 0 Å². The van der Waals surface area contributed by atoms with Crippen molar-refractivity contribution in [2.24, 2.45) is 5.92 Å². The van der Waals surface area contributed by atoms with Crippen LogP contribution in [0.5, 0.6) is 0 Å². The molecule has 1 N–H and O–H groups in total. The summed E-state index contributed by atoms with van der Waals surface area (Å²) in [5.74, 6) is 1.11. The lowest BCUT2D eigenvalue weighted by molar-refractivity contribution is 0.207. The molecule has 0 aromatic carbocycles. The molecule has 1 atom stereocenters. The third-order valence-electron chi connectivity index (χ3n) is 3.40. The topological polar surface area (TPSA) is 62.3 Å². The molecule has 1 aliphatic rings. The van der Waals surface area contributed by atoms with Crippen LogP contribution in [-0.2, 0) is 17.2 Å². The highest BCUT2D eigenvalue weighted by atomic mass is 32.2. The van der Waals surface area contributed by atoms with Crippen LogP contribution in [0.25, 0.3) is 0 Å². The monoisotopic (exact) mass is 329 g/mol. The molecule has 21 heavy (non-hydrogen) atoms. The number of nitrogens with zero attached hydrogens (tertiary/aromatic N) is 2. The zero-order valence-electron chi connectivity index (χ0n) is 13.0. The SMILES string of the molecule is CC(C)Cc1cnc(NC(=O)N2CCS(=O)C(C)(C)C2)s1. The fourth-order valence-corrected chi connectivity index (χ4v) is 4.54. The average Bonchev–Trinajstić information content (AvgIpc) is 2.78. The van der Waals surface area contributed by atoms with Crippen molar-refractivity contribution in [2.75, 3.05) is 24.2 Å². The van der Waals surface area contributed by atoms with Gasteiger partial charge < -0.3 is 4.90 Å². The minimum Gasteiger partial charge on any atom is -0.322 e. The molecule has 0 bridgehead atoms. The summed E-state index contributed by atoms with van der Waals surface area (Å²) < 4.78 is 11.5. The second-order valence-corrected chi connectivity index (χ2v) is 9.71. The van der Waals surface area contributed by atoms with Crippen molar-refractivity contribution in [1.29, 1.82) is 0 Å². The molecule has 0 aliphatic carbocycles. The standard InChI is InChI=1S/C14H23N3O2S2/c1-10(2)7-11-8-15-12(20-11)16-13(18)17-5-6-21(19)14(3,4)9-17/h8,10H,5-7,9H2,1-4H3,(H,15,16,18). The Balaban J connectivity index is 1.95. The Morgan fingerprint density at radius 3 is 2.90 bits per heavy atom. The molecular weight excluding hydrogens is 306 g/mol. The third-order valence-corrected chi connectivity index (χ3v) is 6.25. The van der Waals surface area contributed by atoms with Crippen LogP contribution >= 0.6 is 11.3 Å². The van der Waals surface area contributed by atoms with Crippen LogP contribution in [0.4, 0.5) is 9.93 Å². The molecule has 2 rings (SSSR count). The summed E-state index contributed by atoms with van der Waals surface area (Å²) in [7, 11) is -0.872. The Hall–Kier alpha value is -0.950. The van der Waals surface area contributed by atoms with Gasteiger partial charge in [0.1, 0.15) is 0 Å². The summed E-state index contributed by atoms with van der Waals surface area (Å²) >= 11 is 1.52. The Bertz CT molecular complexity index is 540. The van der Waals surface area contributed by atoms with Crippen LogP contribution in [0.2, 0.25) is 0 Å². The third kappa shape index (κ3) is 4.26. The Labute approximate surface area is 132 Å². The average molecular weight is 329 g/mol. The predicted molar refractivity (Wildman–Crippen MR) is 88.3 cm³/mol. The van der Waals surface area contributed by atoms with Gasteiger partial charge in [0, 0.05) is 40.7 Å². The summed E-state index contributed by atoms with van der Waals surface area (Å²) in [5.41, 5.74) is 0. The molecule has 0 saturated carbocycles. The van der Waals surface area contributed by atoms with Crippen molar-refractivity contribution < 1.29 is 9.00 Å². The molecule has 2 heterocycles. The molecule has 7 heteroatoms. The number of hydrogen-bond acceptors (Lipinski definition) is 4.